The Morgan fingerprint density at radius 1 is 1.50 bits per heavy atom. The fraction of sp³-hybridized carbons (Fsp3) is 0.462. The van der Waals surface area contributed by atoms with Crippen LogP contribution in [-0.2, 0) is 11.2 Å². The monoisotopic (exact) mass is 358 g/mol. The third kappa shape index (κ3) is 2.93. The highest BCUT2D eigenvalue weighted by atomic mass is 79.9. The van der Waals surface area contributed by atoms with Crippen molar-refractivity contribution in [3.8, 4) is 10.7 Å². The Balaban J connectivity index is 2.23. The van der Waals surface area contributed by atoms with Gasteiger partial charge in [0, 0.05) is 16.3 Å². The van der Waals surface area contributed by atoms with Gasteiger partial charge in [0.1, 0.15) is 0 Å². The first kappa shape index (κ1) is 15.2. The molecule has 2 heterocycles. The summed E-state index contributed by atoms with van der Waals surface area (Å²) in [5.74, 6) is 0.0546. The highest BCUT2D eigenvalue weighted by molar-refractivity contribution is 9.10. The number of halogens is 1. The van der Waals surface area contributed by atoms with Crippen LogP contribution in [0.1, 0.15) is 32.6 Å². The number of carbonyl (C=O) groups is 1. The molecule has 0 saturated heterocycles. The van der Waals surface area contributed by atoms with E-state index in [0.29, 0.717) is 24.6 Å². The molecule has 2 rings (SSSR count). The summed E-state index contributed by atoms with van der Waals surface area (Å²) in [7, 11) is 0. The van der Waals surface area contributed by atoms with Crippen LogP contribution in [0.2, 0.25) is 0 Å². The maximum absolute atomic E-state index is 11.5. The minimum absolute atomic E-state index is 0.259. The molecule has 0 aliphatic heterocycles. The lowest BCUT2D eigenvalue weighted by Gasteiger charge is -2.24. The first-order valence-electron chi connectivity index (χ1n) is 6.31. The lowest BCUT2D eigenvalue weighted by atomic mass is 9.79. The molecule has 0 aliphatic rings. The van der Waals surface area contributed by atoms with E-state index in [9.17, 15) is 9.90 Å². The standard InChI is InChI=1S/C13H15BrN2O3S/c1-3-13(4-2,12(17)18)6-10-15-11(16-19-10)9-5-8(14)7-20-9/h5,7H,3-4,6H2,1-2H3,(H,17,18). The first-order valence-corrected chi connectivity index (χ1v) is 7.98. The number of hydrogen-bond acceptors (Lipinski definition) is 5. The summed E-state index contributed by atoms with van der Waals surface area (Å²) in [5, 5.41) is 15.3. The van der Waals surface area contributed by atoms with E-state index in [1.807, 2.05) is 25.3 Å². The van der Waals surface area contributed by atoms with Crippen molar-refractivity contribution < 1.29 is 14.4 Å². The summed E-state index contributed by atoms with van der Waals surface area (Å²) in [4.78, 5) is 16.7. The molecule has 1 N–H and O–H groups in total. The van der Waals surface area contributed by atoms with Gasteiger partial charge in [-0.05, 0) is 34.8 Å². The van der Waals surface area contributed by atoms with Crippen LogP contribution >= 0.6 is 27.3 Å². The lowest BCUT2D eigenvalue weighted by Crippen LogP contribution is -2.32. The SMILES string of the molecule is CCC(CC)(Cc1nc(-c2cc(Br)cs2)no1)C(=O)O. The molecule has 2 aromatic heterocycles. The predicted molar refractivity (Wildman–Crippen MR) is 79.7 cm³/mol. The Labute approximate surface area is 129 Å². The molecule has 0 spiro atoms. The van der Waals surface area contributed by atoms with Crippen LogP contribution < -0.4 is 0 Å². The maximum atomic E-state index is 11.5. The summed E-state index contributed by atoms with van der Waals surface area (Å²) in [6.07, 6.45) is 1.32. The minimum Gasteiger partial charge on any atom is -0.481 e. The van der Waals surface area contributed by atoms with Crippen LogP contribution in [0, 0.1) is 5.41 Å². The Morgan fingerprint density at radius 2 is 2.20 bits per heavy atom. The average molecular weight is 359 g/mol. The first-order chi connectivity index (χ1) is 9.50. The fourth-order valence-corrected chi connectivity index (χ4v) is 3.38. The molecular weight excluding hydrogens is 344 g/mol. The summed E-state index contributed by atoms with van der Waals surface area (Å²) in [6.45, 7) is 3.73. The van der Waals surface area contributed by atoms with Crippen molar-refractivity contribution in [2.75, 3.05) is 0 Å². The molecule has 2 aromatic rings. The topological polar surface area (TPSA) is 76.2 Å². The van der Waals surface area contributed by atoms with Crippen LogP contribution in [0.25, 0.3) is 10.7 Å². The quantitative estimate of drug-likeness (QED) is 0.844. The van der Waals surface area contributed by atoms with Crippen LogP contribution in [0.4, 0.5) is 0 Å². The van der Waals surface area contributed by atoms with E-state index in [1.165, 1.54) is 11.3 Å². The van der Waals surface area contributed by atoms with Gasteiger partial charge in [-0.3, -0.25) is 4.79 Å². The number of aliphatic carboxylic acids is 1. The zero-order chi connectivity index (χ0) is 14.8. The van der Waals surface area contributed by atoms with Crippen LogP contribution in [0.3, 0.4) is 0 Å². The van der Waals surface area contributed by atoms with Crippen LogP contribution in [-0.4, -0.2) is 21.2 Å². The lowest BCUT2D eigenvalue weighted by molar-refractivity contribution is -0.149. The normalized spacial score (nSPS) is 11.8. The van der Waals surface area contributed by atoms with Crippen molar-refractivity contribution in [2.24, 2.45) is 5.41 Å². The van der Waals surface area contributed by atoms with Gasteiger partial charge in [0.2, 0.25) is 11.7 Å². The van der Waals surface area contributed by atoms with Crippen molar-refractivity contribution in [3.05, 3.63) is 21.8 Å². The number of carboxylic acid groups (broad SMARTS) is 1. The number of nitrogens with zero attached hydrogens (tertiary/aromatic N) is 2. The molecule has 0 aromatic carbocycles. The third-order valence-electron chi connectivity index (χ3n) is 3.55. The number of carboxylic acids is 1. The fourth-order valence-electron chi connectivity index (χ4n) is 2.02. The number of thiophene rings is 1. The number of aromatic nitrogens is 2. The smallest absolute Gasteiger partial charge is 0.310 e. The van der Waals surface area contributed by atoms with Crippen molar-refractivity contribution in [2.45, 2.75) is 33.1 Å². The molecule has 108 valence electrons. The molecule has 0 aliphatic carbocycles. The summed E-state index contributed by atoms with van der Waals surface area (Å²) in [5.41, 5.74) is -0.833. The summed E-state index contributed by atoms with van der Waals surface area (Å²) in [6, 6.07) is 1.91. The largest absolute Gasteiger partial charge is 0.481 e. The van der Waals surface area contributed by atoms with Gasteiger partial charge >= 0.3 is 5.97 Å². The number of hydrogen-bond donors (Lipinski definition) is 1. The zero-order valence-corrected chi connectivity index (χ0v) is 13.6. The van der Waals surface area contributed by atoms with Gasteiger partial charge < -0.3 is 9.63 Å². The Kier molecular flexibility index (Phi) is 4.59. The molecule has 0 radical (unpaired) electrons. The Hall–Kier alpha value is -1.21. The van der Waals surface area contributed by atoms with E-state index in [2.05, 4.69) is 26.1 Å². The van der Waals surface area contributed by atoms with Gasteiger partial charge in [0.25, 0.3) is 0 Å². The maximum Gasteiger partial charge on any atom is 0.310 e. The second kappa shape index (κ2) is 6.05. The predicted octanol–water partition coefficient (Wildman–Crippen LogP) is 3.99. The van der Waals surface area contributed by atoms with E-state index in [4.69, 9.17) is 4.52 Å². The molecule has 0 fully saturated rings. The van der Waals surface area contributed by atoms with Gasteiger partial charge in [0.15, 0.2) is 0 Å². The third-order valence-corrected chi connectivity index (χ3v) is 5.24. The van der Waals surface area contributed by atoms with E-state index >= 15 is 0 Å². The highest BCUT2D eigenvalue weighted by Crippen LogP contribution is 2.32. The average Bonchev–Trinajstić information content (AvgIpc) is 3.04. The Morgan fingerprint density at radius 3 is 2.70 bits per heavy atom. The van der Waals surface area contributed by atoms with Crippen LogP contribution in [0.5, 0.6) is 0 Å². The van der Waals surface area contributed by atoms with E-state index in [0.717, 1.165) is 9.35 Å². The Bertz CT molecular complexity index is 604. The van der Waals surface area contributed by atoms with E-state index in [-0.39, 0.29) is 6.42 Å². The van der Waals surface area contributed by atoms with Gasteiger partial charge in [-0.1, -0.05) is 19.0 Å². The van der Waals surface area contributed by atoms with Gasteiger partial charge in [0.05, 0.1) is 10.3 Å². The molecule has 5 nitrogen and oxygen atoms in total. The molecule has 0 amide bonds. The van der Waals surface area contributed by atoms with Crippen molar-refractivity contribution in [1.29, 1.82) is 0 Å². The van der Waals surface area contributed by atoms with Crippen molar-refractivity contribution >= 4 is 33.2 Å². The second-order valence-corrected chi connectivity index (χ2v) is 6.44. The zero-order valence-electron chi connectivity index (χ0n) is 11.2. The summed E-state index contributed by atoms with van der Waals surface area (Å²) < 4.78 is 6.17. The molecular formula is C13H15BrN2O3S. The second-order valence-electron chi connectivity index (χ2n) is 4.61. The molecule has 7 heteroatoms. The molecule has 0 atom stereocenters. The van der Waals surface area contributed by atoms with Gasteiger partial charge in [-0.15, -0.1) is 11.3 Å². The van der Waals surface area contributed by atoms with Crippen molar-refractivity contribution in [3.63, 3.8) is 0 Å². The molecule has 0 bridgehead atoms. The minimum atomic E-state index is -0.833. The van der Waals surface area contributed by atoms with Crippen LogP contribution in [0.15, 0.2) is 20.4 Å². The highest BCUT2D eigenvalue weighted by Gasteiger charge is 2.37. The molecule has 0 saturated carbocycles. The van der Waals surface area contributed by atoms with Crippen molar-refractivity contribution in [1.82, 2.24) is 10.1 Å². The van der Waals surface area contributed by atoms with Gasteiger partial charge in [-0.2, -0.15) is 4.98 Å². The number of rotatable bonds is 6. The molecule has 20 heavy (non-hydrogen) atoms. The van der Waals surface area contributed by atoms with Gasteiger partial charge in [-0.25, -0.2) is 0 Å². The van der Waals surface area contributed by atoms with E-state index < -0.39 is 11.4 Å². The van der Waals surface area contributed by atoms with E-state index in [1.54, 1.807) is 0 Å². The summed E-state index contributed by atoms with van der Waals surface area (Å²) >= 11 is 4.88. The molecule has 0 unspecified atom stereocenters.